The van der Waals surface area contributed by atoms with E-state index >= 15 is 0 Å². The molecule has 122 valence electrons. The minimum Gasteiger partial charge on any atom is -0.496 e. The number of hydrogen-bond acceptors (Lipinski definition) is 5. The lowest BCUT2D eigenvalue weighted by Gasteiger charge is -2.09. The highest BCUT2D eigenvalue weighted by Gasteiger charge is 2.11. The predicted molar refractivity (Wildman–Crippen MR) is 85.3 cm³/mol. The van der Waals surface area contributed by atoms with Crippen molar-refractivity contribution in [2.24, 2.45) is 0 Å². The van der Waals surface area contributed by atoms with Gasteiger partial charge in [-0.05, 0) is 42.5 Å². The Morgan fingerprint density at radius 1 is 1.25 bits per heavy atom. The Morgan fingerprint density at radius 2 is 2.08 bits per heavy atom. The van der Waals surface area contributed by atoms with E-state index in [2.05, 4.69) is 15.4 Å². The Labute approximate surface area is 137 Å². The van der Waals surface area contributed by atoms with Gasteiger partial charge in [-0.3, -0.25) is 4.79 Å². The van der Waals surface area contributed by atoms with Gasteiger partial charge in [0, 0.05) is 16.7 Å². The van der Waals surface area contributed by atoms with E-state index in [9.17, 15) is 9.18 Å². The molecule has 0 spiro atoms. The topological polar surface area (TPSA) is 69.9 Å². The Bertz CT molecular complexity index is 892. The third-order valence-corrected chi connectivity index (χ3v) is 3.53. The summed E-state index contributed by atoms with van der Waals surface area (Å²) in [5.74, 6) is 0.561. The van der Waals surface area contributed by atoms with Gasteiger partial charge in [0.2, 0.25) is 5.82 Å². The molecule has 0 aliphatic carbocycles. The molecule has 0 bridgehead atoms. The van der Waals surface area contributed by atoms with Gasteiger partial charge in [-0.15, -0.1) is 10.2 Å². The van der Waals surface area contributed by atoms with Gasteiger partial charge in [-0.1, -0.05) is 12.1 Å². The van der Waals surface area contributed by atoms with Gasteiger partial charge in [0.25, 0.3) is 0 Å². The van der Waals surface area contributed by atoms with Gasteiger partial charge in [-0.25, -0.2) is 4.39 Å². The normalized spacial score (nSPS) is 10.6. The molecular formula is C17H15FN4O2. The zero-order valence-electron chi connectivity index (χ0n) is 13.2. The Morgan fingerprint density at radius 3 is 2.79 bits per heavy atom. The molecule has 0 aliphatic rings. The van der Waals surface area contributed by atoms with E-state index in [-0.39, 0.29) is 18.1 Å². The summed E-state index contributed by atoms with van der Waals surface area (Å²) in [5.41, 5.74) is 1.88. The number of rotatable bonds is 5. The van der Waals surface area contributed by atoms with Crippen LogP contribution in [0.1, 0.15) is 22.8 Å². The molecule has 1 heterocycles. The van der Waals surface area contributed by atoms with Crippen molar-refractivity contribution in [3.05, 3.63) is 59.4 Å². The molecule has 0 N–H and O–H groups in total. The van der Waals surface area contributed by atoms with Crippen LogP contribution in [0, 0.1) is 5.82 Å². The molecule has 0 aliphatic heterocycles. The number of nitrogens with zero attached hydrogens (tertiary/aromatic N) is 4. The molecule has 2 aromatic carbocycles. The lowest BCUT2D eigenvalue weighted by Crippen LogP contribution is -2.07. The van der Waals surface area contributed by atoms with E-state index < -0.39 is 0 Å². The third kappa shape index (κ3) is 3.29. The molecular weight excluding hydrogens is 311 g/mol. The monoisotopic (exact) mass is 326 g/mol. The van der Waals surface area contributed by atoms with Crippen molar-refractivity contribution < 1.29 is 13.9 Å². The Kier molecular flexibility index (Phi) is 4.33. The van der Waals surface area contributed by atoms with Crippen LogP contribution < -0.4 is 4.74 Å². The summed E-state index contributed by atoms with van der Waals surface area (Å²) >= 11 is 0. The van der Waals surface area contributed by atoms with E-state index in [4.69, 9.17) is 4.74 Å². The number of benzene rings is 2. The third-order valence-electron chi connectivity index (χ3n) is 3.53. The summed E-state index contributed by atoms with van der Waals surface area (Å²) in [7, 11) is 1.55. The largest absolute Gasteiger partial charge is 0.496 e. The number of tetrazole rings is 1. The molecule has 0 saturated heterocycles. The van der Waals surface area contributed by atoms with E-state index in [1.54, 1.807) is 37.4 Å². The fourth-order valence-corrected chi connectivity index (χ4v) is 2.33. The fourth-order valence-electron chi connectivity index (χ4n) is 2.33. The second-order valence-corrected chi connectivity index (χ2v) is 5.24. The summed E-state index contributed by atoms with van der Waals surface area (Å²) in [6.07, 6.45) is 0. The van der Waals surface area contributed by atoms with Crippen LogP contribution in [0.3, 0.4) is 0 Å². The second kappa shape index (κ2) is 6.57. The quantitative estimate of drug-likeness (QED) is 0.674. The summed E-state index contributed by atoms with van der Waals surface area (Å²) in [6.45, 7) is 1.79. The molecule has 0 saturated carbocycles. The number of methoxy groups -OCH3 is 1. The smallest absolute Gasteiger partial charge is 0.205 e. The van der Waals surface area contributed by atoms with E-state index in [0.29, 0.717) is 22.7 Å². The van der Waals surface area contributed by atoms with Crippen molar-refractivity contribution in [2.75, 3.05) is 7.11 Å². The molecule has 7 heteroatoms. The zero-order valence-corrected chi connectivity index (χ0v) is 13.2. The Balaban J connectivity index is 1.89. The molecule has 0 amide bonds. The van der Waals surface area contributed by atoms with Gasteiger partial charge >= 0.3 is 0 Å². The van der Waals surface area contributed by atoms with Crippen LogP contribution in [0.4, 0.5) is 4.39 Å². The number of Topliss-reactive ketones (excluding diaryl/α,β-unsaturated/α-hetero) is 1. The fraction of sp³-hybridized carbons (Fsp3) is 0.176. The Hall–Kier alpha value is -3.09. The molecule has 6 nitrogen and oxygen atoms in total. The highest BCUT2D eigenvalue weighted by atomic mass is 19.1. The molecule has 24 heavy (non-hydrogen) atoms. The highest BCUT2D eigenvalue weighted by molar-refractivity contribution is 5.94. The summed E-state index contributed by atoms with van der Waals surface area (Å²) < 4.78 is 18.6. The van der Waals surface area contributed by atoms with Gasteiger partial charge < -0.3 is 4.74 Å². The first-order valence-corrected chi connectivity index (χ1v) is 7.28. The van der Waals surface area contributed by atoms with E-state index in [1.165, 1.54) is 23.9 Å². The first-order valence-electron chi connectivity index (χ1n) is 7.28. The number of ether oxygens (including phenoxy) is 1. The van der Waals surface area contributed by atoms with Gasteiger partial charge in [0.05, 0.1) is 13.7 Å². The maximum Gasteiger partial charge on any atom is 0.205 e. The molecule has 0 atom stereocenters. The van der Waals surface area contributed by atoms with Crippen molar-refractivity contribution in [1.29, 1.82) is 0 Å². The van der Waals surface area contributed by atoms with Crippen molar-refractivity contribution in [2.45, 2.75) is 13.5 Å². The standard InChI is InChI=1S/C17H15FN4O2/c1-11(23)12-6-7-16(24-2)14(8-12)10-22-20-17(19-21-22)13-4-3-5-15(18)9-13/h3-9H,10H2,1-2H3. The van der Waals surface area contributed by atoms with Crippen molar-refractivity contribution in [1.82, 2.24) is 20.2 Å². The SMILES string of the molecule is COc1ccc(C(C)=O)cc1Cn1nnc(-c2cccc(F)c2)n1. The average Bonchev–Trinajstić information content (AvgIpc) is 3.03. The van der Waals surface area contributed by atoms with Crippen molar-refractivity contribution >= 4 is 5.78 Å². The maximum atomic E-state index is 13.3. The number of hydrogen-bond donors (Lipinski definition) is 0. The zero-order chi connectivity index (χ0) is 17.1. The minimum absolute atomic E-state index is 0.0362. The molecule has 1 aromatic heterocycles. The van der Waals surface area contributed by atoms with E-state index in [1.807, 2.05) is 0 Å². The highest BCUT2D eigenvalue weighted by Crippen LogP contribution is 2.21. The first kappa shape index (κ1) is 15.8. The minimum atomic E-state index is -0.361. The van der Waals surface area contributed by atoms with Gasteiger partial charge in [0.1, 0.15) is 11.6 Å². The van der Waals surface area contributed by atoms with Crippen LogP contribution in [0.15, 0.2) is 42.5 Å². The number of ketones is 1. The molecule has 0 radical (unpaired) electrons. The molecule has 0 fully saturated rings. The number of halogens is 1. The van der Waals surface area contributed by atoms with Crippen molar-refractivity contribution in [3.63, 3.8) is 0 Å². The predicted octanol–water partition coefficient (Wildman–Crippen LogP) is 2.74. The average molecular weight is 326 g/mol. The number of aromatic nitrogens is 4. The lowest BCUT2D eigenvalue weighted by molar-refractivity contribution is 0.101. The summed E-state index contributed by atoms with van der Waals surface area (Å²) in [4.78, 5) is 12.9. The number of carbonyl (C=O) groups is 1. The van der Waals surface area contributed by atoms with Crippen LogP contribution >= 0.6 is 0 Å². The molecule has 3 aromatic rings. The maximum absolute atomic E-state index is 13.3. The molecule has 3 rings (SSSR count). The van der Waals surface area contributed by atoms with Gasteiger partial charge in [0.15, 0.2) is 5.78 Å². The first-order chi connectivity index (χ1) is 11.6. The van der Waals surface area contributed by atoms with Crippen LogP contribution in [-0.2, 0) is 6.54 Å². The van der Waals surface area contributed by atoms with Crippen LogP contribution in [0.2, 0.25) is 0 Å². The van der Waals surface area contributed by atoms with Gasteiger partial charge in [-0.2, -0.15) is 4.80 Å². The molecule has 0 unspecified atom stereocenters. The second-order valence-electron chi connectivity index (χ2n) is 5.24. The van der Waals surface area contributed by atoms with Crippen LogP contribution in [0.25, 0.3) is 11.4 Å². The lowest BCUT2D eigenvalue weighted by atomic mass is 10.1. The summed E-state index contributed by atoms with van der Waals surface area (Å²) in [6, 6.07) is 11.2. The van der Waals surface area contributed by atoms with Crippen LogP contribution in [-0.4, -0.2) is 33.1 Å². The number of carbonyl (C=O) groups excluding carboxylic acids is 1. The van der Waals surface area contributed by atoms with Crippen molar-refractivity contribution in [3.8, 4) is 17.1 Å². The summed E-state index contributed by atoms with van der Waals surface area (Å²) in [5, 5.41) is 12.2. The van der Waals surface area contributed by atoms with E-state index in [0.717, 1.165) is 5.56 Å². The van der Waals surface area contributed by atoms with Crippen LogP contribution in [0.5, 0.6) is 5.75 Å².